The van der Waals surface area contributed by atoms with E-state index in [0.29, 0.717) is 11.7 Å². The van der Waals surface area contributed by atoms with E-state index in [9.17, 15) is 22.8 Å². The minimum absolute atomic E-state index is 0.0451. The summed E-state index contributed by atoms with van der Waals surface area (Å²) in [5.74, 6) is -2.40. The number of alkyl halides is 3. The second kappa shape index (κ2) is 8.24. The average Bonchev–Trinajstić information content (AvgIpc) is 3.09. The van der Waals surface area contributed by atoms with Gasteiger partial charge in [0.05, 0.1) is 0 Å². The highest BCUT2D eigenvalue weighted by Crippen LogP contribution is 2.40. The molecule has 0 radical (unpaired) electrons. The van der Waals surface area contributed by atoms with Crippen LogP contribution in [0.2, 0.25) is 0 Å². The van der Waals surface area contributed by atoms with E-state index in [0.717, 1.165) is 0 Å². The Morgan fingerprint density at radius 2 is 2.00 bits per heavy atom. The Morgan fingerprint density at radius 1 is 1.37 bits per heavy atom. The molecule has 0 saturated heterocycles. The molecule has 1 aromatic heterocycles. The topological polar surface area (TPSA) is 120 Å². The first-order chi connectivity index (χ1) is 12.6. The standard InChI is InChI=1S/C16H23F3N4O4/c1-9(2)12-22-11(23-27-12)10-3-5-15(6-4-10,13(24)21-8-7-20)26-14(25)16(17,18)19/h9-10H,3-8,20H2,1-2H3,(H,21,24). The fourth-order valence-corrected chi connectivity index (χ4v) is 2.95. The van der Waals surface area contributed by atoms with E-state index in [1.54, 1.807) is 0 Å². The molecule has 1 aromatic rings. The summed E-state index contributed by atoms with van der Waals surface area (Å²) in [7, 11) is 0. The van der Waals surface area contributed by atoms with Gasteiger partial charge in [0.2, 0.25) is 5.89 Å². The first-order valence-electron chi connectivity index (χ1n) is 8.71. The maximum Gasteiger partial charge on any atom is 0.490 e. The Kier molecular flexibility index (Phi) is 6.45. The number of nitrogens with one attached hydrogen (secondary N) is 1. The molecule has 8 nitrogen and oxygen atoms in total. The molecule has 0 atom stereocenters. The van der Waals surface area contributed by atoms with Gasteiger partial charge >= 0.3 is 12.1 Å². The van der Waals surface area contributed by atoms with Crippen LogP contribution in [0.25, 0.3) is 0 Å². The van der Waals surface area contributed by atoms with Gasteiger partial charge in [0.25, 0.3) is 5.91 Å². The Balaban J connectivity index is 2.14. The number of amides is 1. The van der Waals surface area contributed by atoms with Crippen molar-refractivity contribution in [2.75, 3.05) is 13.1 Å². The summed E-state index contributed by atoms with van der Waals surface area (Å²) in [6.45, 7) is 3.96. The summed E-state index contributed by atoms with van der Waals surface area (Å²) in [4.78, 5) is 28.1. The van der Waals surface area contributed by atoms with Crippen LogP contribution in [0.5, 0.6) is 0 Å². The molecule has 0 aliphatic heterocycles. The lowest BCUT2D eigenvalue weighted by Crippen LogP contribution is -2.54. The fourth-order valence-electron chi connectivity index (χ4n) is 2.95. The van der Waals surface area contributed by atoms with E-state index in [4.69, 9.17) is 10.3 Å². The Bertz CT molecular complexity index is 667. The van der Waals surface area contributed by atoms with Gasteiger partial charge in [-0.25, -0.2) is 4.79 Å². The van der Waals surface area contributed by atoms with Gasteiger partial charge in [-0.2, -0.15) is 18.2 Å². The van der Waals surface area contributed by atoms with Gasteiger partial charge in [0.1, 0.15) is 0 Å². The smallest absolute Gasteiger partial charge is 0.442 e. The number of aromatic nitrogens is 2. The van der Waals surface area contributed by atoms with Crippen molar-refractivity contribution in [3.8, 4) is 0 Å². The van der Waals surface area contributed by atoms with Gasteiger partial charge in [0.15, 0.2) is 11.4 Å². The van der Waals surface area contributed by atoms with Crippen molar-refractivity contribution in [2.24, 2.45) is 5.73 Å². The van der Waals surface area contributed by atoms with Gasteiger partial charge in [-0.1, -0.05) is 19.0 Å². The normalized spacial score (nSPS) is 23.3. The number of carbonyl (C=O) groups excluding carboxylic acids is 2. The molecule has 27 heavy (non-hydrogen) atoms. The van der Waals surface area contributed by atoms with Crippen LogP contribution in [-0.2, 0) is 14.3 Å². The van der Waals surface area contributed by atoms with Crippen molar-refractivity contribution < 1.29 is 32.0 Å². The summed E-state index contributed by atoms with van der Waals surface area (Å²) in [5, 5.41) is 6.33. The van der Waals surface area contributed by atoms with Crippen molar-refractivity contribution in [1.29, 1.82) is 0 Å². The van der Waals surface area contributed by atoms with Crippen molar-refractivity contribution >= 4 is 11.9 Å². The average molecular weight is 392 g/mol. The van der Waals surface area contributed by atoms with Crippen molar-refractivity contribution in [1.82, 2.24) is 15.5 Å². The molecule has 0 unspecified atom stereocenters. The van der Waals surface area contributed by atoms with Crippen LogP contribution in [0.3, 0.4) is 0 Å². The summed E-state index contributed by atoms with van der Waals surface area (Å²) in [6.07, 6.45) is -4.79. The number of esters is 1. The van der Waals surface area contributed by atoms with E-state index in [1.807, 2.05) is 13.8 Å². The van der Waals surface area contributed by atoms with E-state index >= 15 is 0 Å². The third-order valence-corrected chi connectivity index (χ3v) is 4.47. The SMILES string of the molecule is CC(C)c1nc(C2CCC(OC(=O)C(F)(F)F)(C(=O)NCCN)CC2)no1. The quantitative estimate of drug-likeness (QED) is 0.708. The lowest BCUT2D eigenvalue weighted by atomic mass is 9.77. The first-order valence-corrected chi connectivity index (χ1v) is 8.71. The zero-order valence-corrected chi connectivity index (χ0v) is 15.1. The molecule has 0 aromatic carbocycles. The number of rotatable bonds is 6. The molecule has 2 rings (SSSR count). The lowest BCUT2D eigenvalue weighted by molar-refractivity contribution is -0.217. The third-order valence-electron chi connectivity index (χ3n) is 4.47. The lowest BCUT2D eigenvalue weighted by Gasteiger charge is -2.37. The molecule has 11 heteroatoms. The minimum Gasteiger partial charge on any atom is -0.442 e. The molecule has 3 N–H and O–H groups in total. The van der Waals surface area contributed by atoms with E-state index in [1.165, 1.54) is 0 Å². The Labute approximate surface area is 154 Å². The maximum atomic E-state index is 12.7. The van der Waals surface area contributed by atoms with Crippen molar-refractivity contribution in [3.05, 3.63) is 11.7 Å². The number of halogens is 3. The zero-order chi connectivity index (χ0) is 20.2. The second-order valence-electron chi connectivity index (χ2n) is 6.85. The largest absolute Gasteiger partial charge is 0.490 e. The highest BCUT2D eigenvalue weighted by atomic mass is 19.4. The predicted octanol–water partition coefficient (Wildman–Crippen LogP) is 1.77. The molecule has 152 valence electrons. The van der Waals surface area contributed by atoms with Crippen LogP contribution < -0.4 is 11.1 Å². The molecule has 0 bridgehead atoms. The van der Waals surface area contributed by atoms with Crippen molar-refractivity contribution in [3.63, 3.8) is 0 Å². The van der Waals surface area contributed by atoms with Gasteiger partial charge in [-0.3, -0.25) is 4.79 Å². The molecule has 1 aliphatic rings. The Morgan fingerprint density at radius 3 is 2.48 bits per heavy atom. The van der Waals surface area contributed by atoms with Crippen LogP contribution in [-0.4, -0.2) is 46.9 Å². The maximum absolute atomic E-state index is 12.7. The number of hydrogen-bond donors (Lipinski definition) is 2. The summed E-state index contributed by atoms with van der Waals surface area (Å²) in [5.41, 5.74) is 3.43. The van der Waals surface area contributed by atoms with Crippen LogP contribution in [0, 0.1) is 0 Å². The highest BCUT2D eigenvalue weighted by molar-refractivity contribution is 5.89. The molecule has 0 spiro atoms. The molecule has 1 heterocycles. The summed E-state index contributed by atoms with van der Waals surface area (Å²) < 4.78 is 47.8. The van der Waals surface area contributed by atoms with E-state index in [2.05, 4.69) is 20.2 Å². The number of nitrogens with zero attached hydrogens (tertiary/aromatic N) is 2. The predicted molar refractivity (Wildman–Crippen MR) is 86.5 cm³/mol. The minimum atomic E-state index is -5.18. The van der Waals surface area contributed by atoms with Crippen LogP contribution >= 0.6 is 0 Å². The number of carbonyl (C=O) groups is 2. The molecular weight excluding hydrogens is 369 g/mol. The monoisotopic (exact) mass is 392 g/mol. The second-order valence-corrected chi connectivity index (χ2v) is 6.85. The Hall–Kier alpha value is -2.17. The zero-order valence-electron chi connectivity index (χ0n) is 15.1. The third kappa shape index (κ3) is 4.96. The number of hydrogen-bond acceptors (Lipinski definition) is 7. The van der Waals surface area contributed by atoms with Crippen LogP contribution in [0.4, 0.5) is 13.2 Å². The van der Waals surface area contributed by atoms with E-state index < -0.39 is 23.7 Å². The first kappa shape index (κ1) is 21.1. The molecule has 1 aliphatic carbocycles. The summed E-state index contributed by atoms with van der Waals surface area (Å²) >= 11 is 0. The van der Waals surface area contributed by atoms with Gasteiger partial charge in [-0.15, -0.1) is 0 Å². The molecule has 1 fully saturated rings. The highest BCUT2D eigenvalue weighted by Gasteiger charge is 2.51. The summed E-state index contributed by atoms with van der Waals surface area (Å²) in [6, 6.07) is 0. The van der Waals surface area contributed by atoms with E-state index in [-0.39, 0.29) is 50.6 Å². The number of nitrogens with two attached hydrogens (primary N) is 1. The van der Waals surface area contributed by atoms with Crippen LogP contribution in [0.1, 0.15) is 63.1 Å². The van der Waals surface area contributed by atoms with Gasteiger partial charge in [0, 0.05) is 24.9 Å². The number of ether oxygens (including phenoxy) is 1. The molecule has 1 amide bonds. The fraction of sp³-hybridized carbons (Fsp3) is 0.750. The van der Waals surface area contributed by atoms with Crippen LogP contribution in [0.15, 0.2) is 4.52 Å². The molecule has 1 saturated carbocycles. The van der Waals surface area contributed by atoms with Gasteiger partial charge in [-0.05, 0) is 25.7 Å². The molecular formula is C16H23F3N4O4. The van der Waals surface area contributed by atoms with Gasteiger partial charge < -0.3 is 20.3 Å². The van der Waals surface area contributed by atoms with Crippen molar-refractivity contribution in [2.45, 2.75) is 63.1 Å².